The molecule has 2 nitrogen and oxygen atoms in total. The lowest BCUT2D eigenvalue weighted by Gasteiger charge is -2.18. The molecule has 0 bridgehead atoms. The van der Waals surface area contributed by atoms with Gasteiger partial charge in [0, 0.05) is 24.2 Å². The fourth-order valence-electron chi connectivity index (χ4n) is 2.15. The van der Waals surface area contributed by atoms with Gasteiger partial charge in [0.1, 0.15) is 0 Å². The molecule has 1 aliphatic rings. The maximum absolute atomic E-state index is 11.9. The molecule has 74 valence electrons. The monoisotopic (exact) mass is 197 g/mol. The number of anilines is 1. The van der Waals surface area contributed by atoms with Crippen LogP contribution < -0.4 is 5.32 Å². The first-order valence-electron chi connectivity index (χ1n) is 5.15. The van der Waals surface area contributed by atoms with Crippen LogP contribution in [0.5, 0.6) is 0 Å². The minimum absolute atomic E-state index is 0.251. The van der Waals surface area contributed by atoms with Crippen molar-refractivity contribution in [2.75, 3.05) is 11.9 Å². The summed E-state index contributed by atoms with van der Waals surface area (Å²) in [6.45, 7) is 0.754. The molecule has 2 heteroatoms. The summed E-state index contributed by atoms with van der Waals surface area (Å²) < 4.78 is 0. The summed E-state index contributed by atoms with van der Waals surface area (Å²) in [7, 11) is 0. The van der Waals surface area contributed by atoms with E-state index in [-0.39, 0.29) is 5.78 Å². The van der Waals surface area contributed by atoms with E-state index < -0.39 is 0 Å². The third-order valence-corrected chi connectivity index (χ3v) is 2.88. The number of hydrogen-bond donors (Lipinski definition) is 1. The van der Waals surface area contributed by atoms with Gasteiger partial charge in [-0.1, -0.05) is 30.3 Å². The van der Waals surface area contributed by atoms with E-state index in [2.05, 4.69) is 11.4 Å². The summed E-state index contributed by atoms with van der Waals surface area (Å²) in [5, 5.41) is 5.46. The van der Waals surface area contributed by atoms with E-state index in [1.807, 2.05) is 30.3 Å². The molecule has 15 heavy (non-hydrogen) atoms. The fraction of sp³-hybridized carbons (Fsp3) is 0.154. The first-order chi connectivity index (χ1) is 7.36. The zero-order chi connectivity index (χ0) is 10.3. The minimum Gasteiger partial charge on any atom is -0.384 e. The molecule has 0 saturated carbocycles. The highest BCUT2D eigenvalue weighted by molar-refractivity contribution is 6.13. The van der Waals surface area contributed by atoms with Gasteiger partial charge >= 0.3 is 0 Å². The van der Waals surface area contributed by atoms with Gasteiger partial charge in [0.25, 0.3) is 0 Å². The van der Waals surface area contributed by atoms with Gasteiger partial charge < -0.3 is 5.32 Å². The molecular formula is C13H11NO. The standard InChI is InChI=1S/C13H11NO/c15-12-7-8-14-11-6-5-9-3-1-2-4-10(9)13(11)12/h1-6,14H,7-8H2. The average molecular weight is 197 g/mol. The van der Waals surface area contributed by atoms with Gasteiger partial charge in [0.05, 0.1) is 0 Å². The fourth-order valence-corrected chi connectivity index (χ4v) is 2.15. The maximum atomic E-state index is 11.9. The zero-order valence-electron chi connectivity index (χ0n) is 8.29. The van der Waals surface area contributed by atoms with E-state index in [0.717, 1.165) is 28.6 Å². The molecule has 0 amide bonds. The van der Waals surface area contributed by atoms with E-state index in [0.29, 0.717) is 6.42 Å². The number of ketones is 1. The lowest BCUT2D eigenvalue weighted by atomic mass is 9.95. The number of hydrogen-bond acceptors (Lipinski definition) is 2. The Morgan fingerprint density at radius 1 is 1.07 bits per heavy atom. The Morgan fingerprint density at radius 3 is 2.87 bits per heavy atom. The van der Waals surface area contributed by atoms with Crippen molar-refractivity contribution in [3.05, 3.63) is 42.0 Å². The number of nitrogens with one attached hydrogen (secondary N) is 1. The number of carbonyl (C=O) groups excluding carboxylic acids is 1. The van der Waals surface area contributed by atoms with Gasteiger partial charge in [-0.3, -0.25) is 4.79 Å². The molecule has 0 aromatic heterocycles. The molecule has 3 rings (SSSR count). The van der Waals surface area contributed by atoms with Crippen molar-refractivity contribution in [2.45, 2.75) is 6.42 Å². The molecule has 0 radical (unpaired) electrons. The maximum Gasteiger partial charge on any atom is 0.167 e. The SMILES string of the molecule is O=C1CCNc2ccc3ccccc3c21. The normalized spacial score (nSPS) is 14.8. The predicted molar refractivity (Wildman–Crippen MR) is 61.4 cm³/mol. The van der Waals surface area contributed by atoms with Gasteiger partial charge in [-0.2, -0.15) is 0 Å². The Balaban J connectivity index is 2.40. The van der Waals surface area contributed by atoms with Crippen molar-refractivity contribution in [2.24, 2.45) is 0 Å². The molecule has 0 saturated heterocycles. The molecule has 1 heterocycles. The van der Waals surface area contributed by atoms with Gasteiger partial charge in [0.2, 0.25) is 0 Å². The van der Waals surface area contributed by atoms with Crippen molar-refractivity contribution < 1.29 is 4.79 Å². The summed E-state index contributed by atoms with van der Waals surface area (Å²) in [6, 6.07) is 12.1. The molecule has 2 aromatic rings. The van der Waals surface area contributed by atoms with Crippen LogP contribution in [-0.2, 0) is 0 Å². The smallest absolute Gasteiger partial charge is 0.167 e. The first kappa shape index (κ1) is 8.48. The molecule has 1 aliphatic heterocycles. The van der Waals surface area contributed by atoms with Gasteiger partial charge in [-0.25, -0.2) is 0 Å². The molecule has 0 fully saturated rings. The Bertz CT molecular complexity index is 545. The second-order valence-corrected chi connectivity index (χ2v) is 3.81. The van der Waals surface area contributed by atoms with Crippen LogP contribution in [-0.4, -0.2) is 12.3 Å². The summed E-state index contributed by atoms with van der Waals surface area (Å²) in [5.41, 5.74) is 1.84. The third-order valence-electron chi connectivity index (χ3n) is 2.88. The van der Waals surface area contributed by atoms with Gasteiger partial charge in [0.15, 0.2) is 5.78 Å². The summed E-state index contributed by atoms with van der Waals surface area (Å²) >= 11 is 0. The number of benzene rings is 2. The van der Waals surface area contributed by atoms with E-state index in [1.54, 1.807) is 0 Å². The van der Waals surface area contributed by atoms with Crippen LogP contribution in [0.1, 0.15) is 16.8 Å². The van der Waals surface area contributed by atoms with Crippen LogP contribution in [0.25, 0.3) is 10.8 Å². The lowest BCUT2D eigenvalue weighted by molar-refractivity contribution is 0.0985. The van der Waals surface area contributed by atoms with Gasteiger partial charge in [-0.05, 0) is 16.8 Å². The highest BCUT2D eigenvalue weighted by Crippen LogP contribution is 2.29. The number of fused-ring (bicyclic) bond motifs is 3. The Kier molecular flexibility index (Phi) is 1.75. The number of Topliss-reactive ketones (excluding diaryl/α,β-unsaturated/α-hetero) is 1. The minimum atomic E-state index is 0.251. The highest BCUT2D eigenvalue weighted by Gasteiger charge is 2.18. The molecule has 0 aliphatic carbocycles. The van der Waals surface area contributed by atoms with Crippen molar-refractivity contribution in [3.8, 4) is 0 Å². The van der Waals surface area contributed by atoms with Gasteiger partial charge in [-0.15, -0.1) is 0 Å². The van der Waals surface area contributed by atoms with E-state index in [9.17, 15) is 4.79 Å². The van der Waals surface area contributed by atoms with Crippen LogP contribution >= 0.6 is 0 Å². The molecular weight excluding hydrogens is 186 g/mol. The highest BCUT2D eigenvalue weighted by atomic mass is 16.1. The Morgan fingerprint density at radius 2 is 1.93 bits per heavy atom. The summed E-state index contributed by atoms with van der Waals surface area (Å²) in [6.07, 6.45) is 0.598. The largest absolute Gasteiger partial charge is 0.384 e. The summed E-state index contributed by atoms with van der Waals surface area (Å²) in [4.78, 5) is 11.9. The third kappa shape index (κ3) is 1.22. The topological polar surface area (TPSA) is 29.1 Å². The van der Waals surface area contributed by atoms with Crippen molar-refractivity contribution in [3.63, 3.8) is 0 Å². The van der Waals surface area contributed by atoms with E-state index in [1.165, 1.54) is 0 Å². The zero-order valence-corrected chi connectivity index (χ0v) is 8.29. The predicted octanol–water partition coefficient (Wildman–Crippen LogP) is 2.84. The van der Waals surface area contributed by atoms with Crippen LogP contribution in [0.4, 0.5) is 5.69 Å². The van der Waals surface area contributed by atoms with Crippen LogP contribution in [0.3, 0.4) is 0 Å². The number of carbonyl (C=O) groups is 1. The number of rotatable bonds is 0. The van der Waals surface area contributed by atoms with E-state index >= 15 is 0 Å². The van der Waals surface area contributed by atoms with Crippen LogP contribution in [0.2, 0.25) is 0 Å². The van der Waals surface area contributed by atoms with Crippen LogP contribution in [0.15, 0.2) is 36.4 Å². The second-order valence-electron chi connectivity index (χ2n) is 3.81. The average Bonchev–Trinajstić information content (AvgIpc) is 2.29. The second kappa shape index (κ2) is 3.09. The lowest BCUT2D eigenvalue weighted by Crippen LogP contribution is -2.18. The molecule has 0 spiro atoms. The van der Waals surface area contributed by atoms with Crippen molar-refractivity contribution >= 4 is 22.2 Å². The molecule has 0 atom stereocenters. The summed E-state index contributed by atoms with van der Waals surface area (Å²) in [5.74, 6) is 0.251. The Labute approximate surface area is 87.9 Å². The first-order valence-corrected chi connectivity index (χ1v) is 5.15. The quantitative estimate of drug-likeness (QED) is 0.703. The molecule has 2 aromatic carbocycles. The van der Waals surface area contributed by atoms with Crippen molar-refractivity contribution in [1.29, 1.82) is 0 Å². The molecule has 0 unspecified atom stereocenters. The van der Waals surface area contributed by atoms with Crippen LogP contribution in [0, 0.1) is 0 Å². The molecule has 1 N–H and O–H groups in total. The van der Waals surface area contributed by atoms with E-state index in [4.69, 9.17) is 0 Å². The Hall–Kier alpha value is -1.83. The van der Waals surface area contributed by atoms with Crippen molar-refractivity contribution in [1.82, 2.24) is 0 Å².